The number of hydrogen-bond donors (Lipinski definition) is 1. The van der Waals surface area contributed by atoms with Crippen LogP contribution in [0.5, 0.6) is 0 Å². The van der Waals surface area contributed by atoms with Crippen molar-refractivity contribution in [3.63, 3.8) is 0 Å². The largest absolute Gasteiger partial charge is 0.465 e. The minimum Gasteiger partial charge on any atom is -0.465 e. The highest BCUT2D eigenvalue weighted by Crippen LogP contribution is 2.16. The molecule has 0 saturated heterocycles. The van der Waals surface area contributed by atoms with Crippen LogP contribution in [0.15, 0.2) is 22.6 Å². The Morgan fingerprint density at radius 1 is 1.50 bits per heavy atom. The molecule has 102 valence electrons. The molecule has 0 aliphatic heterocycles. The van der Waals surface area contributed by atoms with E-state index in [9.17, 15) is 0 Å². The van der Waals surface area contributed by atoms with Gasteiger partial charge in [0.2, 0.25) is 0 Å². The minimum atomic E-state index is 0.818. The lowest BCUT2D eigenvalue weighted by atomic mass is 10.2. The average Bonchev–Trinajstić information content (AvgIpc) is 2.58. The van der Waals surface area contributed by atoms with E-state index in [2.05, 4.69) is 43.8 Å². The van der Waals surface area contributed by atoms with Crippen molar-refractivity contribution < 1.29 is 4.42 Å². The maximum absolute atomic E-state index is 5.76. The lowest BCUT2D eigenvalue weighted by Crippen LogP contribution is -2.19. The molecule has 0 fully saturated rings. The van der Waals surface area contributed by atoms with E-state index in [1.807, 2.05) is 6.92 Å². The van der Waals surface area contributed by atoms with Crippen molar-refractivity contribution in [2.75, 3.05) is 20.1 Å². The lowest BCUT2D eigenvalue weighted by molar-refractivity contribution is 0.351. The van der Waals surface area contributed by atoms with Crippen LogP contribution >= 0.6 is 0 Å². The maximum Gasteiger partial charge on any atom is 0.118 e. The van der Waals surface area contributed by atoms with Gasteiger partial charge in [-0.25, -0.2) is 0 Å². The van der Waals surface area contributed by atoms with E-state index in [1.54, 1.807) is 0 Å². The Balaban J connectivity index is 2.53. The second kappa shape index (κ2) is 7.39. The van der Waals surface area contributed by atoms with Crippen molar-refractivity contribution in [1.29, 1.82) is 0 Å². The van der Waals surface area contributed by atoms with Crippen LogP contribution < -0.4 is 5.32 Å². The third-order valence-electron chi connectivity index (χ3n) is 2.78. The molecule has 0 radical (unpaired) electrons. The Bertz CT molecular complexity index is 382. The Hall–Kier alpha value is -1.06. The van der Waals surface area contributed by atoms with Gasteiger partial charge in [-0.15, -0.1) is 0 Å². The quantitative estimate of drug-likeness (QED) is 0.567. The van der Waals surface area contributed by atoms with Gasteiger partial charge in [0.05, 0.1) is 6.54 Å². The topological polar surface area (TPSA) is 28.4 Å². The van der Waals surface area contributed by atoms with E-state index in [0.717, 1.165) is 44.1 Å². The van der Waals surface area contributed by atoms with Gasteiger partial charge in [-0.05, 0) is 39.9 Å². The summed E-state index contributed by atoms with van der Waals surface area (Å²) in [6, 6.07) is 2.16. The number of hydrogen-bond acceptors (Lipinski definition) is 3. The summed E-state index contributed by atoms with van der Waals surface area (Å²) in [5.41, 5.74) is 2.45. The Morgan fingerprint density at radius 2 is 2.22 bits per heavy atom. The molecule has 1 rings (SSSR count). The van der Waals surface area contributed by atoms with Gasteiger partial charge >= 0.3 is 0 Å². The summed E-state index contributed by atoms with van der Waals surface area (Å²) >= 11 is 0. The highest BCUT2D eigenvalue weighted by molar-refractivity contribution is 5.20. The van der Waals surface area contributed by atoms with Gasteiger partial charge in [0.15, 0.2) is 0 Å². The van der Waals surface area contributed by atoms with Crippen LogP contribution in [0.2, 0.25) is 0 Å². The third kappa shape index (κ3) is 5.07. The van der Waals surface area contributed by atoms with Crippen LogP contribution in [0.3, 0.4) is 0 Å². The molecule has 0 atom stereocenters. The predicted molar refractivity (Wildman–Crippen MR) is 76.6 cm³/mol. The number of nitrogens with one attached hydrogen (secondary N) is 1. The molecule has 0 unspecified atom stereocenters. The first kappa shape index (κ1) is 15.0. The summed E-state index contributed by atoms with van der Waals surface area (Å²) in [5.74, 6) is 2.05. The number of likely N-dealkylation sites (N-methyl/N-ethyl adjacent to an activating group) is 1. The van der Waals surface area contributed by atoms with Crippen molar-refractivity contribution in [3.05, 3.63) is 35.3 Å². The van der Waals surface area contributed by atoms with Crippen LogP contribution in [0.1, 0.15) is 37.4 Å². The fraction of sp³-hybridized carbons (Fsp3) is 0.600. The van der Waals surface area contributed by atoms with E-state index >= 15 is 0 Å². The summed E-state index contributed by atoms with van der Waals surface area (Å²) in [5, 5.41) is 3.36. The second-order valence-electron chi connectivity index (χ2n) is 5.10. The van der Waals surface area contributed by atoms with E-state index in [4.69, 9.17) is 4.42 Å². The van der Waals surface area contributed by atoms with Crippen molar-refractivity contribution in [2.24, 2.45) is 0 Å². The Labute approximate surface area is 111 Å². The summed E-state index contributed by atoms with van der Waals surface area (Å²) in [6.07, 6.45) is 1.15. The molecule has 0 bridgehead atoms. The van der Waals surface area contributed by atoms with Gasteiger partial charge < -0.3 is 9.73 Å². The average molecular weight is 250 g/mol. The predicted octanol–water partition coefficient (Wildman–Crippen LogP) is 3.10. The fourth-order valence-corrected chi connectivity index (χ4v) is 2.03. The molecule has 0 spiro atoms. The van der Waals surface area contributed by atoms with Crippen molar-refractivity contribution in [2.45, 2.75) is 40.3 Å². The first-order valence-electron chi connectivity index (χ1n) is 6.64. The van der Waals surface area contributed by atoms with Crippen molar-refractivity contribution in [3.8, 4) is 0 Å². The Morgan fingerprint density at radius 3 is 2.83 bits per heavy atom. The summed E-state index contributed by atoms with van der Waals surface area (Å²) in [4.78, 5) is 2.25. The summed E-state index contributed by atoms with van der Waals surface area (Å²) in [6.45, 7) is 13.9. The second-order valence-corrected chi connectivity index (χ2v) is 5.10. The standard InChI is InChI=1S/C15H26N2O/c1-6-7-16-9-15-8-14(13(4)18-15)11-17(5)10-12(2)3/h8,16H,2,6-7,9-11H2,1,3-5H3. The zero-order chi connectivity index (χ0) is 13.5. The van der Waals surface area contributed by atoms with Crippen LogP contribution in [0.25, 0.3) is 0 Å². The van der Waals surface area contributed by atoms with Crippen LogP contribution in [0.4, 0.5) is 0 Å². The number of aryl methyl sites for hydroxylation is 1. The normalized spacial score (nSPS) is 11.2. The highest BCUT2D eigenvalue weighted by Gasteiger charge is 2.09. The molecule has 0 saturated carbocycles. The van der Waals surface area contributed by atoms with Gasteiger partial charge in [0.1, 0.15) is 11.5 Å². The molecule has 3 heteroatoms. The number of rotatable bonds is 8. The minimum absolute atomic E-state index is 0.818. The highest BCUT2D eigenvalue weighted by atomic mass is 16.3. The molecular weight excluding hydrogens is 224 g/mol. The maximum atomic E-state index is 5.76. The van der Waals surface area contributed by atoms with Crippen LogP contribution in [-0.2, 0) is 13.1 Å². The van der Waals surface area contributed by atoms with Crippen molar-refractivity contribution in [1.82, 2.24) is 10.2 Å². The first-order chi connectivity index (χ1) is 8.52. The van der Waals surface area contributed by atoms with E-state index in [1.165, 1.54) is 11.1 Å². The fourth-order valence-electron chi connectivity index (χ4n) is 2.03. The number of furan rings is 1. The van der Waals surface area contributed by atoms with E-state index in [0.29, 0.717) is 0 Å². The van der Waals surface area contributed by atoms with E-state index < -0.39 is 0 Å². The van der Waals surface area contributed by atoms with E-state index in [-0.39, 0.29) is 0 Å². The smallest absolute Gasteiger partial charge is 0.118 e. The Kier molecular flexibility index (Phi) is 6.16. The van der Waals surface area contributed by atoms with Crippen LogP contribution in [0, 0.1) is 6.92 Å². The molecule has 0 aliphatic rings. The SMILES string of the molecule is C=C(C)CN(C)Cc1cc(CNCCC)oc1C. The third-order valence-corrected chi connectivity index (χ3v) is 2.78. The molecule has 18 heavy (non-hydrogen) atoms. The molecule has 0 aliphatic carbocycles. The number of nitrogens with zero attached hydrogens (tertiary/aromatic N) is 1. The molecule has 1 N–H and O–H groups in total. The van der Waals surface area contributed by atoms with Gasteiger partial charge in [-0.3, -0.25) is 4.90 Å². The lowest BCUT2D eigenvalue weighted by Gasteiger charge is -2.15. The molecule has 3 nitrogen and oxygen atoms in total. The molecule has 1 aromatic rings. The van der Waals surface area contributed by atoms with Crippen molar-refractivity contribution >= 4 is 0 Å². The van der Waals surface area contributed by atoms with Gasteiger partial charge in [0.25, 0.3) is 0 Å². The molecule has 0 amide bonds. The summed E-state index contributed by atoms with van der Waals surface area (Å²) < 4.78 is 5.76. The molecule has 1 heterocycles. The van der Waals surface area contributed by atoms with Gasteiger partial charge in [-0.2, -0.15) is 0 Å². The first-order valence-corrected chi connectivity index (χ1v) is 6.64. The monoisotopic (exact) mass is 250 g/mol. The van der Waals surface area contributed by atoms with Crippen LogP contribution in [-0.4, -0.2) is 25.0 Å². The molecular formula is C15H26N2O. The van der Waals surface area contributed by atoms with Gasteiger partial charge in [0, 0.05) is 18.7 Å². The molecule has 1 aromatic heterocycles. The summed E-state index contributed by atoms with van der Waals surface area (Å²) in [7, 11) is 2.11. The zero-order valence-electron chi connectivity index (χ0n) is 12.2. The molecule has 0 aromatic carbocycles. The zero-order valence-corrected chi connectivity index (χ0v) is 12.2. The van der Waals surface area contributed by atoms with Gasteiger partial charge in [-0.1, -0.05) is 19.1 Å².